The van der Waals surface area contributed by atoms with Crippen LogP contribution >= 0.6 is 23.2 Å². The minimum Gasteiger partial charge on any atom is -0.495 e. The molecule has 0 aromatic heterocycles. The van der Waals surface area contributed by atoms with Crippen molar-refractivity contribution < 1.29 is 17.9 Å². The first kappa shape index (κ1) is 17.6. The zero-order chi connectivity index (χ0) is 17.2. The fourth-order valence-electron chi connectivity index (χ4n) is 1.85. The number of ether oxygens (including phenoxy) is 1. The number of benzene rings is 2. The van der Waals surface area contributed by atoms with Crippen LogP contribution in [0.3, 0.4) is 0 Å². The van der Waals surface area contributed by atoms with Gasteiger partial charge >= 0.3 is 0 Å². The van der Waals surface area contributed by atoms with Crippen molar-refractivity contribution >= 4 is 44.8 Å². The Morgan fingerprint density at radius 3 is 2.48 bits per heavy atom. The van der Waals surface area contributed by atoms with E-state index in [1.807, 2.05) is 0 Å². The van der Waals surface area contributed by atoms with Gasteiger partial charge in [-0.2, -0.15) is 0 Å². The van der Waals surface area contributed by atoms with Crippen LogP contribution in [0.2, 0.25) is 10.0 Å². The zero-order valence-corrected chi connectivity index (χ0v) is 14.2. The lowest BCUT2D eigenvalue weighted by atomic mass is 10.2. The van der Waals surface area contributed by atoms with Crippen LogP contribution < -0.4 is 15.2 Å². The van der Waals surface area contributed by atoms with E-state index in [4.69, 9.17) is 33.1 Å². The van der Waals surface area contributed by atoms with E-state index in [-0.39, 0.29) is 26.9 Å². The topological polar surface area (TPSA) is 98.5 Å². The highest BCUT2D eigenvalue weighted by Crippen LogP contribution is 2.27. The van der Waals surface area contributed by atoms with Gasteiger partial charge in [0.15, 0.2) is 0 Å². The Hall–Kier alpha value is -1.80. The maximum absolute atomic E-state index is 12.2. The fourth-order valence-corrected chi connectivity index (χ4v) is 2.95. The number of sulfonamides is 1. The Morgan fingerprint density at radius 2 is 1.87 bits per heavy atom. The monoisotopic (exact) mass is 374 g/mol. The molecule has 0 radical (unpaired) electrons. The number of amides is 1. The van der Waals surface area contributed by atoms with Crippen LogP contribution in [-0.4, -0.2) is 21.4 Å². The molecule has 2 rings (SSSR count). The molecule has 0 aliphatic heterocycles. The maximum Gasteiger partial charge on any atom is 0.257 e. The van der Waals surface area contributed by atoms with Crippen molar-refractivity contribution in [2.75, 3.05) is 12.4 Å². The van der Waals surface area contributed by atoms with Gasteiger partial charge in [0.1, 0.15) is 10.6 Å². The molecule has 1 amide bonds. The summed E-state index contributed by atoms with van der Waals surface area (Å²) in [4.78, 5) is 12.0. The number of primary sulfonamides is 1. The molecule has 23 heavy (non-hydrogen) atoms. The van der Waals surface area contributed by atoms with Gasteiger partial charge in [0.05, 0.1) is 17.7 Å². The minimum absolute atomic E-state index is 0.0753. The van der Waals surface area contributed by atoms with E-state index < -0.39 is 15.9 Å². The van der Waals surface area contributed by atoms with Gasteiger partial charge in [0, 0.05) is 10.7 Å². The summed E-state index contributed by atoms with van der Waals surface area (Å²) >= 11 is 11.8. The number of rotatable bonds is 4. The predicted octanol–water partition coefficient (Wildman–Crippen LogP) is 2.90. The van der Waals surface area contributed by atoms with Gasteiger partial charge in [0.2, 0.25) is 10.0 Å². The number of halogens is 2. The van der Waals surface area contributed by atoms with Crippen LogP contribution in [0, 0.1) is 0 Å². The lowest BCUT2D eigenvalue weighted by Crippen LogP contribution is -2.16. The van der Waals surface area contributed by atoms with Crippen LogP contribution in [0.1, 0.15) is 10.4 Å². The Kier molecular flexibility index (Phi) is 5.16. The molecule has 2 aromatic carbocycles. The molecule has 0 heterocycles. The van der Waals surface area contributed by atoms with Crippen molar-refractivity contribution in [1.29, 1.82) is 0 Å². The third kappa shape index (κ3) is 4.14. The molecular formula is C14H12Cl2N2O4S. The number of anilines is 1. The molecule has 3 N–H and O–H groups in total. The number of nitrogens with one attached hydrogen (secondary N) is 1. The summed E-state index contributed by atoms with van der Waals surface area (Å²) in [5.41, 5.74) is 0.378. The summed E-state index contributed by atoms with van der Waals surface area (Å²) in [5, 5.41) is 8.22. The number of carbonyl (C=O) groups excluding carboxylic acids is 1. The van der Waals surface area contributed by atoms with Gasteiger partial charge < -0.3 is 10.1 Å². The molecule has 0 atom stereocenters. The van der Waals surface area contributed by atoms with Crippen molar-refractivity contribution in [2.24, 2.45) is 5.14 Å². The molecule has 0 fully saturated rings. The smallest absolute Gasteiger partial charge is 0.257 e. The van der Waals surface area contributed by atoms with E-state index in [0.717, 1.165) is 0 Å². The number of hydrogen-bond donors (Lipinski definition) is 2. The zero-order valence-electron chi connectivity index (χ0n) is 11.8. The highest BCUT2D eigenvalue weighted by Gasteiger charge is 2.17. The second-order valence-electron chi connectivity index (χ2n) is 4.49. The fraction of sp³-hybridized carbons (Fsp3) is 0.0714. The molecular weight excluding hydrogens is 363 g/mol. The molecule has 0 aliphatic rings. The first-order valence-electron chi connectivity index (χ1n) is 6.19. The summed E-state index contributed by atoms with van der Waals surface area (Å²) in [6.07, 6.45) is 0. The second kappa shape index (κ2) is 6.76. The van der Waals surface area contributed by atoms with Crippen molar-refractivity contribution in [3.63, 3.8) is 0 Å². The first-order valence-corrected chi connectivity index (χ1v) is 8.50. The number of carbonyl (C=O) groups is 1. The molecule has 6 nitrogen and oxygen atoms in total. The van der Waals surface area contributed by atoms with Gasteiger partial charge in [0.25, 0.3) is 5.91 Å². The second-order valence-corrected chi connectivity index (χ2v) is 6.86. The van der Waals surface area contributed by atoms with E-state index in [1.165, 1.54) is 37.4 Å². The Bertz CT molecular complexity index is 869. The maximum atomic E-state index is 12.2. The van der Waals surface area contributed by atoms with Crippen LogP contribution in [-0.2, 0) is 10.0 Å². The molecule has 0 saturated carbocycles. The van der Waals surface area contributed by atoms with Crippen molar-refractivity contribution in [1.82, 2.24) is 0 Å². The van der Waals surface area contributed by atoms with Crippen LogP contribution in [0.15, 0.2) is 41.3 Å². The molecule has 122 valence electrons. The van der Waals surface area contributed by atoms with E-state index in [0.29, 0.717) is 5.02 Å². The SMILES string of the molecule is COc1ccc(NC(=O)c2cc(Cl)ccc2Cl)cc1S(N)(=O)=O. The van der Waals surface area contributed by atoms with Crippen LogP contribution in [0.4, 0.5) is 5.69 Å². The molecule has 9 heteroatoms. The lowest BCUT2D eigenvalue weighted by molar-refractivity contribution is 0.102. The number of methoxy groups -OCH3 is 1. The Labute approximate surface area is 143 Å². The highest BCUT2D eigenvalue weighted by atomic mass is 35.5. The van der Waals surface area contributed by atoms with Crippen molar-refractivity contribution in [3.8, 4) is 5.75 Å². The molecule has 2 aromatic rings. The molecule has 0 unspecified atom stereocenters. The summed E-state index contributed by atoms with van der Waals surface area (Å²) in [6.45, 7) is 0. The number of hydrogen-bond acceptors (Lipinski definition) is 4. The lowest BCUT2D eigenvalue weighted by Gasteiger charge is -2.11. The van der Waals surface area contributed by atoms with E-state index in [9.17, 15) is 13.2 Å². The predicted molar refractivity (Wildman–Crippen MR) is 88.8 cm³/mol. The summed E-state index contributed by atoms with van der Waals surface area (Å²) in [7, 11) is -2.69. The largest absolute Gasteiger partial charge is 0.495 e. The Morgan fingerprint density at radius 1 is 1.17 bits per heavy atom. The average Bonchev–Trinajstić information content (AvgIpc) is 2.48. The van der Waals surface area contributed by atoms with Crippen LogP contribution in [0.25, 0.3) is 0 Å². The van der Waals surface area contributed by atoms with Gasteiger partial charge in [-0.05, 0) is 36.4 Å². The standard InChI is InChI=1S/C14H12Cl2N2O4S/c1-22-12-5-3-9(7-13(12)23(17,20)21)18-14(19)10-6-8(15)2-4-11(10)16/h2-7H,1H3,(H,18,19)(H2,17,20,21). The molecule has 0 saturated heterocycles. The van der Waals surface area contributed by atoms with E-state index >= 15 is 0 Å². The van der Waals surface area contributed by atoms with Crippen molar-refractivity contribution in [3.05, 3.63) is 52.0 Å². The molecule has 0 spiro atoms. The normalized spacial score (nSPS) is 11.1. The van der Waals surface area contributed by atoms with E-state index in [1.54, 1.807) is 6.07 Å². The average molecular weight is 375 g/mol. The van der Waals surface area contributed by atoms with E-state index in [2.05, 4.69) is 5.32 Å². The third-order valence-electron chi connectivity index (χ3n) is 2.90. The molecule has 0 aliphatic carbocycles. The Balaban J connectivity index is 2.37. The number of nitrogens with two attached hydrogens (primary N) is 1. The van der Waals surface area contributed by atoms with Gasteiger partial charge in [-0.3, -0.25) is 4.79 Å². The highest BCUT2D eigenvalue weighted by molar-refractivity contribution is 7.89. The van der Waals surface area contributed by atoms with Crippen LogP contribution in [0.5, 0.6) is 5.75 Å². The van der Waals surface area contributed by atoms with Gasteiger partial charge in [-0.1, -0.05) is 23.2 Å². The summed E-state index contributed by atoms with van der Waals surface area (Å²) in [5.74, 6) is -0.464. The van der Waals surface area contributed by atoms with Crippen molar-refractivity contribution in [2.45, 2.75) is 4.90 Å². The first-order chi connectivity index (χ1) is 10.7. The third-order valence-corrected chi connectivity index (χ3v) is 4.40. The summed E-state index contributed by atoms with van der Waals surface area (Å²) < 4.78 is 28.1. The quantitative estimate of drug-likeness (QED) is 0.859. The minimum atomic E-state index is -4.01. The van der Waals surface area contributed by atoms with Gasteiger partial charge in [-0.25, -0.2) is 13.6 Å². The summed E-state index contributed by atoms with van der Waals surface area (Å²) in [6, 6.07) is 8.50. The molecule has 0 bridgehead atoms. The van der Waals surface area contributed by atoms with Gasteiger partial charge in [-0.15, -0.1) is 0 Å².